The van der Waals surface area contributed by atoms with Gasteiger partial charge in [0.2, 0.25) is 0 Å². The van der Waals surface area contributed by atoms with Crippen LogP contribution in [0, 0.1) is 6.92 Å². The first kappa shape index (κ1) is 16.4. The van der Waals surface area contributed by atoms with Crippen molar-refractivity contribution < 1.29 is 0 Å². The van der Waals surface area contributed by atoms with Crippen LogP contribution in [0.2, 0.25) is 10.0 Å². The molecule has 0 saturated heterocycles. The normalized spacial score (nSPS) is 12.4. The second kappa shape index (κ2) is 7.84. The van der Waals surface area contributed by atoms with Crippen molar-refractivity contribution in [3.63, 3.8) is 0 Å². The molecular formula is C18H21Cl2N. The maximum atomic E-state index is 6.37. The lowest BCUT2D eigenvalue weighted by molar-refractivity contribution is 0.529. The number of benzene rings is 2. The van der Waals surface area contributed by atoms with Crippen molar-refractivity contribution in [2.24, 2.45) is 0 Å². The molecule has 1 atom stereocenters. The zero-order valence-corrected chi connectivity index (χ0v) is 14.0. The van der Waals surface area contributed by atoms with E-state index >= 15 is 0 Å². The van der Waals surface area contributed by atoms with Crippen LogP contribution < -0.4 is 5.32 Å². The summed E-state index contributed by atoms with van der Waals surface area (Å²) in [4.78, 5) is 0. The van der Waals surface area contributed by atoms with Gasteiger partial charge in [0.25, 0.3) is 0 Å². The molecule has 21 heavy (non-hydrogen) atoms. The molecule has 1 nitrogen and oxygen atoms in total. The van der Waals surface area contributed by atoms with E-state index in [9.17, 15) is 0 Å². The van der Waals surface area contributed by atoms with E-state index in [0.29, 0.717) is 5.02 Å². The molecule has 0 amide bonds. The molecule has 2 aromatic carbocycles. The fourth-order valence-electron chi connectivity index (χ4n) is 2.35. The number of rotatable bonds is 6. The van der Waals surface area contributed by atoms with Gasteiger partial charge in [-0.1, -0.05) is 66.0 Å². The zero-order chi connectivity index (χ0) is 15.2. The quantitative estimate of drug-likeness (QED) is 0.731. The van der Waals surface area contributed by atoms with E-state index < -0.39 is 0 Å². The summed E-state index contributed by atoms with van der Waals surface area (Å²) in [6, 6.07) is 14.6. The zero-order valence-electron chi connectivity index (χ0n) is 12.5. The Labute approximate surface area is 137 Å². The van der Waals surface area contributed by atoms with Gasteiger partial charge in [-0.3, -0.25) is 0 Å². The Kier molecular flexibility index (Phi) is 6.10. The summed E-state index contributed by atoms with van der Waals surface area (Å²) in [5.41, 5.74) is 3.69. The molecule has 1 unspecified atom stereocenters. The average Bonchev–Trinajstić information content (AvgIpc) is 2.46. The minimum Gasteiger partial charge on any atom is -0.310 e. The number of hydrogen-bond acceptors (Lipinski definition) is 1. The number of nitrogens with one attached hydrogen (secondary N) is 1. The third-order valence-corrected chi connectivity index (χ3v) is 4.10. The molecule has 112 valence electrons. The third kappa shape index (κ3) is 4.74. The number of hydrogen-bond donors (Lipinski definition) is 1. The molecule has 0 radical (unpaired) electrons. The number of aryl methyl sites for hydroxylation is 1. The molecule has 0 bridgehead atoms. The maximum Gasteiger partial charge on any atom is 0.0468 e. The van der Waals surface area contributed by atoms with Crippen molar-refractivity contribution in [1.82, 2.24) is 5.32 Å². The lowest BCUT2D eigenvalue weighted by atomic mass is 9.98. The van der Waals surface area contributed by atoms with Crippen LogP contribution in [0.5, 0.6) is 0 Å². The fraction of sp³-hybridized carbons (Fsp3) is 0.333. The van der Waals surface area contributed by atoms with Crippen molar-refractivity contribution in [3.05, 3.63) is 69.2 Å². The van der Waals surface area contributed by atoms with Gasteiger partial charge < -0.3 is 5.32 Å². The minimum atomic E-state index is 0.206. The van der Waals surface area contributed by atoms with Crippen molar-refractivity contribution in [1.29, 1.82) is 0 Å². The third-order valence-electron chi connectivity index (χ3n) is 3.54. The first-order valence-electron chi connectivity index (χ1n) is 7.34. The summed E-state index contributed by atoms with van der Waals surface area (Å²) in [6.07, 6.45) is 2.01. The molecule has 0 aliphatic carbocycles. The highest BCUT2D eigenvalue weighted by atomic mass is 35.5. The monoisotopic (exact) mass is 321 g/mol. The van der Waals surface area contributed by atoms with E-state index in [1.165, 1.54) is 11.1 Å². The Bertz CT molecular complexity index is 578. The predicted molar refractivity (Wildman–Crippen MR) is 92.4 cm³/mol. The van der Waals surface area contributed by atoms with E-state index in [1.807, 2.05) is 18.2 Å². The van der Waals surface area contributed by atoms with Crippen LogP contribution in [0.25, 0.3) is 0 Å². The Morgan fingerprint density at radius 1 is 1.05 bits per heavy atom. The molecule has 0 aliphatic rings. The Morgan fingerprint density at radius 3 is 2.38 bits per heavy atom. The van der Waals surface area contributed by atoms with Gasteiger partial charge in [0.05, 0.1) is 0 Å². The first-order chi connectivity index (χ1) is 10.1. The largest absolute Gasteiger partial charge is 0.310 e. The van der Waals surface area contributed by atoms with E-state index in [1.54, 1.807) is 0 Å². The van der Waals surface area contributed by atoms with Gasteiger partial charge in [0.1, 0.15) is 0 Å². The van der Waals surface area contributed by atoms with Gasteiger partial charge in [-0.25, -0.2) is 0 Å². The lowest BCUT2D eigenvalue weighted by Gasteiger charge is -2.20. The van der Waals surface area contributed by atoms with Crippen LogP contribution in [-0.2, 0) is 6.42 Å². The van der Waals surface area contributed by atoms with Gasteiger partial charge in [-0.05, 0) is 49.6 Å². The van der Waals surface area contributed by atoms with Crippen molar-refractivity contribution >= 4 is 23.2 Å². The standard InChI is InChI=1S/C18H21Cl2N/c1-3-10-21-18(11-14-6-4-13(2)5-7-14)16-9-8-15(19)12-17(16)20/h4-9,12,18,21H,3,10-11H2,1-2H3. The summed E-state index contributed by atoms with van der Waals surface area (Å²) in [5, 5.41) is 4.98. The lowest BCUT2D eigenvalue weighted by Crippen LogP contribution is -2.24. The molecule has 0 heterocycles. The van der Waals surface area contributed by atoms with Gasteiger partial charge >= 0.3 is 0 Å². The highest BCUT2D eigenvalue weighted by Gasteiger charge is 2.15. The molecule has 2 aromatic rings. The molecule has 3 heteroatoms. The first-order valence-corrected chi connectivity index (χ1v) is 8.09. The summed E-state index contributed by atoms with van der Waals surface area (Å²) < 4.78 is 0. The van der Waals surface area contributed by atoms with Crippen LogP contribution in [0.4, 0.5) is 0 Å². The summed E-state index contributed by atoms with van der Waals surface area (Å²) >= 11 is 12.4. The average molecular weight is 322 g/mol. The summed E-state index contributed by atoms with van der Waals surface area (Å²) in [5.74, 6) is 0. The van der Waals surface area contributed by atoms with Crippen molar-refractivity contribution in [2.75, 3.05) is 6.54 Å². The molecule has 1 N–H and O–H groups in total. The predicted octanol–water partition coefficient (Wildman–Crippen LogP) is 5.59. The molecule has 0 fully saturated rings. The smallest absolute Gasteiger partial charge is 0.0468 e. The van der Waals surface area contributed by atoms with Gasteiger partial charge in [-0.15, -0.1) is 0 Å². The Morgan fingerprint density at radius 2 is 1.76 bits per heavy atom. The SMILES string of the molecule is CCCNC(Cc1ccc(C)cc1)c1ccc(Cl)cc1Cl. The van der Waals surface area contributed by atoms with Crippen molar-refractivity contribution in [2.45, 2.75) is 32.7 Å². The molecule has 0 aliphatic heterocycles. The molecule has 0 saturated carbocycles. The fourth-order valence-corrected chi connectivity index (χ4v) is 2.89. The molecule has 0 spiro atoms. The van der Waals surface area contributed by atoms with Crippen LogP contribution in [0.3, 0.4) is 0 Å². The van der Waals surface area contributed by atoms with Crippen LogP contribution in [-0.4, -0.2) is 6.54 Å². The van der Waals surface area contributed by atoms with E-state index in [4.69, 9.17) is 23.2 Å². The summed E-state index contributed by atoms with van der Waals surface area (Å²) in [6.45, 7) is 5.24. The second-order valence-corrected chi connectivity index (χ2v) is 6.21. The molecular weight excluding hydrogens is 301 g/mol. The van der Waals surface area contributed by atoms with E-state index in [-0.39, 0.29) is 6.04 Å². The van der Waals surface area contributed by atoms with Gasteiger partial charge in [0, 0.05) is 16.1 Å². The summed E-state index contributed by atoms with van der Waals surface area (Å²) in [7, 11) is 0. The Hall–Kier alpha value is -1.02. The van der Waals surface area contributed by atoms with Gasteiger partial charge in [-0.2, -0.15) is 0 Å². The van der Waals surface area contributed by atoms with Gasteiger partial charge in [0.15, 0.2) is 0 Å². The molecule has 0 aromatic heterocycles. The number of halogens is 2. The molecule has 2 rings (SSSR count). The minimum absolute atomic E-state index is 0.206. The topological polar surface area (TPSA) is 12.0 Å². The van der Waals surface area contributed by atoms with E-state index in [0.717, 1.165) is 30.0 Å². The van der Waals surface area contributed by atoms with E-state index in [2.05, 4.69) is 43.4 Å². The highest BCUT2D eigenvalue weighted by molar-refractivity contribution is 6.35. The van der Waals surface area contributed by atoms with Crippen LogP contribution in [0.15, 0.2) is 42.5 Å². The van der Waals surface area contributed by atoms with Crippen molar-refractivity contribution in [3.8, 4) is 0 Å². The second-order valence-electron chi connectivity index (χ2n) is 5.36. The van der Waals surface area contributed by atoms with Crippen LogP contribution >= 0.6 is 23.2 Å². The van der Waals surface area contributed by atoms with Crippen LogP contribution in [0.1, 0.15) is 36.1 Å². The highest BCUT2D eigenvalue weighted by Crippen LogP contribution is 2.28. The Balaban J connectivity index is 2.22. The maximum absolute atomic E-state index is 6.37.